The smallest absolute Gasteiger partial charge is 0.407 e. The molecule has 3 aromatic heterocycles. The summed E-state index contributed by atoms with van der Waals surface area (Å²) in [6.45, 7) is 16.6. The maximum absolute atomic E-state index is 14.7. The molecule has 744 valence electrons. The Morgan fingerprint density at radius 1 is 0.709 bits per heavy atom. The average Bonchev–Trinajstić information content (AvgIpc) is 1.61. The van der Waals surface area contributed by atoms with Crippen LogP contribution in [0.5, 0.6) is 0 Å². The third-order valence-electron chi connectivity index (χ3n) is 25.3. The van der Waals surface area contributed by atoms with Crippen molar-refractivity contribution in [2.45, 2.75) is 211 Å². The van der Waals surface area contributed by atoms with Gasteiger partial charge in [0.15, 0.2) is 17.0 Å². The first kappa shape index (κ1) is 107. The molecule has 10 N–H and O–H groups in total. The van der Waals surface area contributed by atoms with E-state index in [1.54, 1.807) is 40.9 Å². The number of nitrogens with two attached hydrogens (primary N) is 2. The molecule has 39 heteroatoms. The van der Waals surface area contributed by atoms with Crippen LogP contribution >= 0.6 is 0 Å². The number of nitrogens with zero attached hydrogens (tertiary/aromatic N) is 8. The minimum absolute atomic E-state index is 0.0111. The molecular weight excluding hydrogens is 1760 g/mol. The SMILES string of the molecule is CO[C@H]1C[C@@H]2CC[C@@H](C)[C@@](O)(O2)C(=O)C(=O)N2CCCC[C@H]2C(=O)O[C@H]([C@H](N)C[C@@H]2CC[C@@H](OC(=O)NCCOCCOCCOCCOCCOCCOCCOCCOCCC(=O)NCCS(=O)(=O)N3CCc4cc(Cn5nc(-c6ccc7oc(N)nc7c6)c6c(N(C)C)ncnc65)ccc4C3)[C@H](OC)C2)C[C@@H](O)[C@H](C)/C=C(\C)[C@@H](O)[C@@H](O)C(=O)[C@H](C)C[C@H](C)/C=C/C=C/C=C/1C. The van der Waals surface area contributed by atoms with Crippen LogP contribution in [0.3, 0.4) is 0 Å². The molecule has 38 nitrogen and oxygen atoms in total. The summed E-state index contributed by atoms with van der Waals surface area (Å²) in [5.41, 5.74) is 20.2. The second kappa shape index (κ2) is 53.9. The number of aromatic nitrogens is 5. The van der Waals surface area contributed by atoms with Crippen LogP contribution in [0.25, 0.3) is 33.4 Å². The number of esters is 1. The number of Topliss-reactive ketones (excluding diaryl/α,β-unsaturated/α-hetero) is 2. The van der Waals surface area contributed by atoms with Crippen LogP contribution < -0.4 is 27.0 Å². The van der Waals surface area contributed by atoms with E-state index in [1.165, 1.54) is 17.7 Å². The number of allylic oxidation sites excluding steroid dienone is 5. The van der Waals surface area contributed by atoms with E-state index < -0.39 is 124 Å². The van der Waals surface area contributed by atoms with Crippen molar-refractivity contribution in [2.24, 2.45) is 35.3 Å². The molecule has 2 aromatic carbocycles. The van der Waals surface area contributed by atoms with E-state index >= 15 is 0 Å². The first-order chi connectivity index (χ1) is 64.4. The number of piperidine rings is 1. The number of alkyl carbamates (subject to hydrolysis) is 1. The van der Waals surface area contributed by atoms with Gasteiger partial charge >= 0.3 is 12.1 Å². The first-order valence-electron chi connectivity index (χ1n) is 46.9. The molecule has 5 aliphatic rings. The fraction of sp³-hybridized carbons (Fsp3) is 0.663. The molecule has 1 saturated carbocycles. The fourth-order valence-electron chi connectivity index (χ4n) is 17.5. The van der Waals surface area contributed by atoms with Crippen molar-refractivity contribution in [1.29, 1.82) is 0 Å². The lowest BCUT2D eigenvalue weighted by Gasteiger charge is -2.42. The number of nitrogen functional groups attached to an aromatic ring is 1. The van der Waals surface area contributed by atoms with Crippen molar-refractivity contribution in [3.8, 4) is 11.3 Å². The summed E-state index contributed by atoms with van der Waals surface area (Å²) in [5, 5.41) is 57.8. The molecule has 3 amide bonds. The number of sulfonamides is 1. The number of fused-ring (bicyclic) bond motifs is 6. The number of oxazole rings is 1. The Hall–Kier alpha value is -8.69. The van der Waals surface area contributed by atoms with Gasteiger partial charge in [0.2, 0.25) is 21.7 Å². The molecule has 4 aliphatic heterocycles. The molecule has 0 unspecified atom stereocenters. The van der Waals surface area contributed by atoms with Gasteiger partial charge in [0, 0.05) is 110 Å². The second-order valence-electron chi connectivity index (χ2n) is 35.6. The minimum Gasteiger partial charge on any atom is -0.459 e. The highest BCUT2D eigenvalue weighted by atomic mass is 32.2. The molecule has 0 spiro atoms. The van der Waals surface area contributed by atoms with E-state index in [0.717, 1.165) is 38.1 Å². The molecule has 16 atom stereocenters. The van der Waals surface area contributed by atoms with Gasteiger partial charge in [-0.1, -0.05) is 82.4 Å². The molecule has 134 heavy (non-hydrogen) atoms. The van der Waals surface area contributed by atoms with E-state index in [2.05, 4.69) is 31.7 Å². The van der Waals surface area contributed by atoms with Gasteiger partial charge in [-0.05, 0) is 142 Å². The molecular formula is C95H142N12O26S. The lowest BCUT2D eigenvalue weighted by molar-refractivity contribution is -0.265. The monoisotopic (exact) mass is 1900 g/mol. The van der Waals surface area contributed by atoms with Crippen LogP contribution in [0.2, 0.25) is 0 Å². The number of aliphatic hydroxyl groups excluding tert-OH is 3. The van der Waals surface area contributed by atoms with Crippen LogP contribution in [-0.4, -0.2) is 331 Å². The van der Waals surface area contributed by atoms with Gasteiger partial charge in [-0.2, -0.15) is 14.4 Å². The van der Waals surface area contributed by atoms with Crippen molar-refractivity contribution in [3.63, 3.8) is 0 Å². The van der Waals surface area contributed by atoms with Gasteiger partial charge in [-0.3, -0.25) is 19.2 Å². The maximum atomic E-state index is 14.7. The number of aliphatic hydroxyl groups is 4. The second-order valence-corrected chi connectivity index (χ2v) is 37.7. The lowest BCUT2D eigenvalue weighted by Crippen LogP contribution is -2.61. The number of hydrogen-bond donors (Lipinski definition) is 8. The third-order valence-corrected chi connectivity index (χ3v) is 27.1. The molecule has 7 heterocycles. The van der Waals surface area contributed by atoms with Crippen LogP contribution in [0.1, 0.15) is 142 Å². The number of anilines is 2. The molecule has 3 fully saturated rings. The van der Waals surface area contributed by atoms with Gasteiger partial charge in [0.1, 0.15) is 53.8 Å². The number of benzene rings is 2. The van der Waals surface area contributed by atoms with Crippen LogP contribution in [0.15, 0.2) is 94.7 Å². The summed E-state index contributed by atoms with van der Waals surface area (Å²) in [6, 6.07) is 9.54. The number of nitrogens with one attached hydrogen (secondary N) is 2. The van der Waals surface area contributed by atoms with Crippen molar-refractivity contribution in [2.75, 3.05) is 177 Å². The number of methoxy groups -OCH3 is 2. The predicted octanol–water partition coefficient (Wildman–Crippen LogP) is 6.41. The molecule has 2 bridgehead atoms. The highest BCUT2D eigenvalue weighted by Gasteiger charge is 2.53. The standard InChI is InChI=1S/C95H142N12O26S/c1-61-16-12-11-13-17-62(2)79(120-9)56-72-24-19-66(6)95(117,133-72)88(113)91(114)106-31-15-14-18-75(106)92(115)130-80(57-76(108)63(3)51-65(5)86(111)87(112)85(110)64(4)50-61)73(96)53-67-21-25-78(81(54-67)121-10)132-94(116)99-29-34-123-36-38-125-40-42-127-44-46-129-48-47-128-45-43-126-41-39-124-37-35-122-33-28-82(109)98-30-49-134(118,119)105-32-27-69-52-68(20-22-71(69)59-105)58-107-90-83(89(104(7)8)100-60-101-90)84(103-107)70-23-26-77-74(55-70)102-93(97)131-77/h11-13,16-17,20,22-23,26,51-52,55,60-61,63-64,66-67,72-73,75-76,78-81,86-87,108,111-112,117H,14-15,18-19,21,24-25,27-50,53-54,56-59,96H2,1-10H3,(H2,97,102)(H,98,109)(H,99,116)/b13-11+,16-12+,62-17+,65-51+/t61-,63-,64-,66-,67+,72+,73-,75+,76-,78-,79+,80+,81-,86-,87+,95-/m1/s1. The number of hydrogen-bond acceptors (Lipinski definition) is 33. The van der Waals surface area contributed by atoms with E-state index in [-0.39, 0.29) is 120 Å². The average molecular weight is 1900 g/mol. The first-order valence-corrected chi connectivity index (χ1v) is 48.5. The zero-order valence-corrected chi connectivity index (χ0v) is 80.1. The summed E-state index contributed by atoms with van der Waals surface area (Å²) < 4.78 is 111. The Kier molecular flexibility index (Phi) is 43.2. The van der Waals surface area contributed by atoms with Gasteiger partial charge in [-0.15, -0.1) is 0 Å². The Labute approximate surface area is 785 Å². The number of ether oxygens (including phenoxy) is 13. The minimum atomic E-state index is -3.67. The highest BCUT2D eigenvalue weighted by molar-refractivity contribution is 7.89. The maximum Gasteiger partial charge on any atom is 0.407 e. The normalized spacial score (nSPS) is 27.0. The van der Waals surface area contributed by atoms with Gasteiger partial charge < -0.3 is 118 Å². The number of amides is 3. The molecule has 0 radical (unpaired) electrons. The van der Waals surface area contributed by atoms with Crippen molar-refractivity contribution < 1.29 is 124 Å². The van der Waals surface area contributed by atoms with E-state index in [0.29, 0.717) is 178 Å². The Morgan fingerprint density at radius 2 is 1.38 bits per heavy atom. The zero-order valence-electron chi connectivity index (χ0n) is 79.2. The van der Waals surface area contributed by atoms with Crippen molar-refractivity contribution >= 4 is 79.4 Å². The predicted molar refractivity (Wildman–Crippen MR) is 497 cm³/mol. The Bertz CT molecular complexity index is 4840. The fourth-order valence-corrected chi connectivity index (χ4v) is 18.8. The Balaban J connectivity index is 0.534. The lowest BCUT2D eigenvalue weighted by atomic mass is 9.80. The molecule has 10 rings (SSSR count). The quantitative estimate of drug-likeness (QED) is 0.00906. The van der Waals surface area contributed by atoms with Gasteiger partial charge in [0.25, 0.3) is 17.7 Å². The summed E-state index contributed by atoms with van der Waals surface area (Å²) in [4.78, 5) is 99.4. The van der Waals surface area contributed by atoms with E-state index in [9.17, 15) is 57.6 Å². The summed E-state index contributed by atoms with van der Waals surface area (Å²) in [7, 11) is 3.23. The summed E-state index contributed by atoms with van der Waals surface area (Å²) in [5.74, 6) is -8.37. The number of rotatable bonds is 41. The third kappa shape index (κ3) is 31.7. The van der Waals surface area contributed by atoms with E-state index in [1.807, 2.05) is 98.2 Å². The van der Waals surface area contributed by atoms with Crippen LogP contribution in [-0.2, 0) is 115 Å². The number of cyclic esters (lactones) is 1. The van der Waals surface area contributed by atoms with Gasteiger partial charge in [-0.25, -0.2) is 32.7 Å². The molecule has 1 aliphatic carbocycles. The largest absolute Gasteiger partial charge is 0.459 e. The topological polar surface area (TPSA) is 493 Å². The number of carbonyl (C=O) groups is 6. The summed E-state index contributed by atoms with van der Waals surface area (Å²) >= 11 is 0. The zero-order chi connectivity index (χ0) is 96.4. The van der Waals surface area contributed by atoms with Gasteiger partial charge in [0.05, 0.1) is 148 Å². The molecule has 2 saturated heterocycles. The number of ketones is 2. The Morgan fingerprint density at radius 3 is 2.04 bits per heavy atom. The van der Waals surface area contributed by atoms with Crippen molar-refractivity contribution in [1.82, 2.24) is 44.6 Å². The van der Waals surface area contributed by atoms with Crippen LogP contribution in [0, 0.1) is 29.6 Å². The van der Waals surface area contributed by atoms with Crippen LogP contribution in [0.4, 0.5) is 16.6 Å². The highest BCUT2D eigenvalue weighted by Crippen LogP contribution is 2.40. The molecule has 5 aromatic rings. The number of carbonyl (C=O) groups excluding carboxylic acids is 6. The van der Waals surface area contributed by atoms with Crippen molar-refractivity contribution in [3.05, 3.63) is 107 Å². The summed E-state index contributed by atoms with van der Waals surface area (Å²) in [6.07, 6.45) is 8.27. The van der Waals surface area contributed by atoms with E-state index in [4.69, 9.17) is 82.6 Å².